The van der Waals surface area contributed by atoms with Crippen molar-refractivity contribution >= 4 is 5.96 Å². The van der Waals surface area contributed by atoms with E-state index in [9.17, 15) is 0 Å². The van der Waals surface area contributed by atoms with Gasteiger partial charge in [-0.2, -0.15) is 0 Å². The molecule has 100 valence electrons. The molecule has 0 aliphatic rings. The molecule has 0 aromatic heterocycles. The Balaban J connectivity index is 2.46. The van der Waals surface area contributed by atoms with Crippen molar-refractivity contribution in [3.8, 4) is 5.75 Å². The molecule has 0 fully saturated rings. The molecule has 1 rings (SSSR count). The van der Waals surface area contributed by atoms with Crippen molar-refractivity contribution < 1.29 is 4.74 Å². The zero-order valence-corrected chi connectivity index (χ0v) is 11.4. The summed E-state index contributed by atoms with van der Waals surface area (Å²) < 4.78 is 5.59. The van der Waals surface area contributed by atoms with Crippen LogP contribution in [0.25, 0.3) is 0 Å². The number of aliphatic imine (C=N–C) groups is 1. The first-order valence-corrected chi connectivity index (χ1v) is 6.31. The van der Waals surface area contributed by atoms with Gasteiger partial charge in [-0.1, -0.05) is 12.1 Å². The van der Waals surface area contributed by atoms with Crippen LogP contribution in [-0.2, 0) is 6.42 Å². The molecule has 4 nitrogen and oxygen atoms in total. The highest BCUT2D eigenvalue weighted by molar-refractivity contribution is 5.75. The van der Waals surface area contributed by atoms with E-state index in [0.29, 0.717) is 0 Å². The van der Waals surface area contributed by atoms with E-state index in [1.807, 2.05) is 32.9 Å². The summed E-state index contributed by atoms with van der Waals surface area (Å²) in [4.78, 5) is 4.10. The molecule has 0 amide bonds. The van der Waals surface area contributed by atoms with Gasteiger partial charge in [0.25, 0.3) is 0 Å². The highest BCUT2D eigenvalue weighted by Crippen LogP contribution is 2.15. The lowest BCUT2D eigenvalue weighted by molar-refractivity contribution is 0.242. The summed E-state index contributed by atoms with van der Waals surface area (Å²) in [6.45, 7) is 6.05. The summed E-state index contributed by atoms with van der Waals surface area (Å²) in [5.41, 5.74) is 11.9. The molecule has 0 spiro atoms. The molecular weight excluding hydrogens is 226 g/mol. The molecule has 0 saturated heterocycles. The number of ether oxygens (including phenoxy) is 1. The van der Waals surface area contributed by atoms with Crippen LogP contribution in [0.3, 0.4) is 0 Å². The molecule has 1 aromatic rings. The van der Waals surface area contributed by atoms with Crippen LogP contribution in [-0.4, -0.2) is 18.1 Å². The monoisotopic (exact) mass is 249 g/mol. The van der Waals surface area contributed by atoms with Crippen molar-refractivity contribution in [3.05, 3.63) is 29.8 Å². The number of aryl methyl sites for hydroxylation is 1. The predicted octanol–water partition coefficient (Wildman–Crippen LogP) is 2.07. The summed E-state index contributed by atoms with van der Waals surface area (Å²) in [6, 6.07) is 8.32. The van der Waals surface area contributed by atoms with Gasteiger partial charge in [-0.3, -0.25) is 4.99 Å². The first-order chi connectivity index (χ1) is 8.47. The Kier molecular flexibility index (Phi) is 5.49. The first kappa shape index (κ1) is 14.4. The number of hydrogen-bond donors (Lipinski definition) is 2. The van der Waals surface area contributed by atoms with E-state index in [1.54, 1.807) is 0 Å². The molecule has 0 heterocycles. The van der Waals surface area contributed by atoms with Gasteiger partial charge in [-0.25, -0.2) is 0 Å². The van der Waals surface area contributed by atoms with Crippen LogP contribution in [0.1, 0.15) is 32.8 Å². The van der Waals surface area contributed by atoms with Crippen molar-refractivity contribution in [1.82, 2.24) is 0 Å². The van der Waals surface area contributed by atoms with Crippen LogP contribution in [0.5, 0.6) is 5.75 Å². The van der Waals surface area contributed by atoms with E-state index in [4.69, 9.17) is 16.2 Å². The van der Waals surface area contributed by atoms with Crippen LogP contribution < -0.4 is 16.2 Å². The van der Waals surface area contributed by atoms with Crippen molar-refractivity contribution in [3.63, 3.8) is 0 Å². The van der Waals surface area contributed by atoms with Crippen LogP contribution in [0.2, 0.25) is 0 Å². The van der Waals surface area contributed by atoms with Crippen molar-refractivity contribution in [2.75, 3.05) is 0 Å². The second-order valence-electron chi connectivity index (χ2n) is 4.75. The average molecular weight is 249 g/mol. The molecule has 4 N–H and O–H groups in total. The minimum Gasteiger partial charge on any atom is -0.491 e. The van der Waals surface area contributed by atoms with E-state index in [2.05, 4.69) is 17.1 Å². The summed E-state index contributed by atoms with van der Waals surface area (Å²) in [5.74, 6) is 1.06. The van der Waals surface area contributed by atoms with Crippen molar-refractivity contribution in [2.45, 2.75) is 45.8 Å². The number of rotatable bonds is 6. The van der Waals surface area contributed by atoms with E-state index >= 15 is 0 Å². The Morgan fingerprint density at radius 1 is 1.17 bits per heavy atom. The van der Waals surface area contributed by atoms with Crippen LogP contribution in [0.15, 0.2) is 29.3 Å². The van der Waals surface area contributed by atoms with Crippen LogP contribution >= 0.6 is 0 Å². The zero-order valence-electron chi connectivity index (χ0n) is 11.4. The maximum atomic E-state index is 5.59. The van der Waals surface area contributed by atoms with Gasteiger partial charge in [-0.05, 0) is 51.3 Å². The van der Waals surface area contributed by atoms with Gasteiger partial charge < -0.3 is 16.2 Å². The lowest BCUT2D eigenvalue weighted by Gasteiger charge is -2.10. The van der Waals surface area contributed by atoms with E-state index < -0.39 is 0 Å². The summed E-state index contributed by atoms with van der Waals surface area (Å²) in [7, 11) is 0. The number of nitrogens with two attached hydrogens (primary N) is 2. The molecule has 0 aliphatic carbocycles. The van der Waals surface area contributed by atoms with E-state index in [0.717, 1.165) is 18.6 Å². The topological polar surface area (TPSA) is 73.6 Å². The van der Waals surface area contributed by atoms with Gasteiger partial charge >= 0.3 is 0 Å². The summed E-state index contributed by atoms with van der Waals surface area (Å²) >= 11 is 0. The number of hydrogen-bond acceptors (Lipinski definition) is 2. The second-order valence-corrected chi connectivity index (χ2v) is 4.75. The zero-order chi connectivity index (χ0) is 13.5. The molecule has 0 aliphatic heterocycles. The quantitative estimate of drug-likeness (QED) is 0.598. The Bertz CT molecular complexity index is 381. The third kappa shape index (κ3) is 5.57. The normalized spacial score (nSPS) is 12.2. The maximum Gasteiger partial charge on any atom is 0.186 e. The molecule has 1 aromatic carbocycles. The lowest BCUT2D eigenvalue weighted by Crippen LogP contribution is -2.24. The Morgan fingerprint density at radius 3 is 2.28 bits per heavy atom. The SMILES string of the molecule is CC(C)Oc1ccc(CC[C@@H](C)N=C(N)N)cc1. The molecule has 0 saturated carbocycles. The standard InChI is InChI=1S/C14H23N3O/c1-10(2)18-13-8-6-12(7-9-13)5-4-11(3)17-14(15)16/h6-11H,4-5H2,1-3H3,(H4,15,16,17)/t11-/m1/s1. The van der Waals surface area contributed by atoms with Crippen molar-refractivity contribution in [2.24, 2.45) is 16.5 Å². The Hall–Kier alpha value is -1.71. The summed E-state index contributed by atoms with van der Waals surface area (Å²) in [5, 5.41) is 0. The van der Waals surface area contributed by atoms with E-state index in [-0.39, 0.29) is 18.1 Å². The Labute approximate surface area is 109 Å². The fourth-order valence-corrected chi connectivity index (χ4v) is 1.70. The summed E-state index contributed by atoms with van der Waals surface area (Å²) in [6.07, 6.45) is 2.10. The van der Waals surface area contributed by atoms with E-state index in [1.165, 1.54) is 5.56 Å². The van der Waals surface area contributed by atoms with Crippen molar-refractivity contribution in [1.29, 1.82) is 0 Å². The van der Waals surface area contributed by atoms with Gasteiger partial charge in [0.05, 0.1) is 12.1 Å². The fraction of sp³-hybridized carbons (Fsp3) is 0.500. The predicted molar refractivity (Wildman–Crippen MR) is 75.8 cm³/mol. The second kappa shape index (κ2) is 6.89. The lowest BCUT2D eigenvalue weighted by atomic mass is 10.1. The average Bonchev–Trinajstić information content (AvgIpc) is 2.26. The number of benzene rings is 1. The minimum absolute atomic E-state index is 0.154. The number of nitrogens with zero attached hydrogens (tertiary/aromatic N) is 1. The smallest absolute Gasteiger partial charge is 0.186 e. The largest absolute Gasteiger partial charge is 0.491 e. The molecule has 1 atom stereocenters. The number of guanidine groups is 1. The highest BCUT2D eigenvalue weighted by Gasteiger charge is 2.02. The maximum absolute atomic E-state index is 5.59. The fourth-order valence-electron chi connectivity index (χ4n) is 1.70. The third-order valence-electron chi connectivity index (χ3n) is 2.52. The van der Waals surface area contributed by atoms with Gasteiger partial charge in [-0.15, -0.1) is 0 Å². The molecule has 0 unspecified atom stereocenters. The molecule has 4 heteroatoms. The minimum atomic E-state index is 0.154. The van der Waals surface area contributed by atoms with Crippen LogP contribution in [0, 0.1) is 0 Å². The van der Waals surface area contributed by atoms with Gasteiger partial charge in [0.15, 0.2) is 5.96 Å². The highest BCUT2D eigenvalue weighted by atomic mass is 16.5. The van der Waals surface area contributed by atoms with Gasteiger partial charge in [0.1, 0.15) is 5.75 Å². The first-order valence-electron chi connectivity index (χ1n) is 6.31. The molecule has 0 bridgehead atoms. The molecular formula is C14H23N3O. The van der Waals surface area contributed by atoms with Gasteiger partial charge in [0, 0.05) is 0 Å². The molecule has 18 heavy (non-hydrogen) atoms. The Morgan fingerprint density at radius 2 is 1.78 bits per heavy atom. The molecule has 0 radical (unpaired) electrons. The van der Waals surface area contributed by atoms with Crippen LogP contribution in [0.4, 0.5) is 0 Å². The van der Waals surface area contributed by atoms with Gasteiger partial charge in [0.2, 0.25) is 0 Å². The third-order valence-corrected chi connectivity index (χ3v) is 2.52.